The van der Waals surface area contributed by atoms with E-state index in [-0.39, 0.29) is 53.0 Å². The van der Waals surface area contributed by atoms with Crippen molar-refractivity contribution in [1.82, 2.24) is 0 Å². The number of carbonyl (C=O) groups is 1. The summed E-state index contributed by atoms with van der Waals surface area (Å²) in [5.41, 5.74) is 4.48. The van der Waals surface area contributed by atoms with Crippen LogP contribution in [0.1, 0.15) is 127 Å². The molecular weight excluding hydrogens is 919 g/mol. The first kappa shape index (κ1) is 57.1. The number of esters is 1. The number of benzene rings is 4. The summed E-state index contributed by atoms with van der Waals surface area (Å²) in [7, 11) is -6.52. The second-order valence-corrected chi connectivity index (χ2v) is 19.6. The minimum absolute atomic E-state index is 0.0288. The molecule has 0 bridgehead atoms. The number of nitrogens with zero attached hydrogens (tertiary/aromatic N) is 1. The Labute approximate surface area is 414 Å². The summed E-state index contributed by atoms with van der Waals surface area (Å²) in [6, 6.07) is 30.8. The topological polar surface area (TPSA) is 154 Å². The van der Waals surface area contributed by atoms with Crippen LogP contribution >= 0.6 is 0 Å². The minimum atomic E-state index is -4.09. The quantitative estimate of drug-likeness (QED) is 0.0180. The van der Waals surface area contributed by atoms with Crippen molar-refractivity contribution >= 4 is 26.9 Å². The SMILES string of the molecule is CCCCCCCCCCOc1ccc(-c2ccc(OCOCCOCCO[S-](=O)=NS(=O)(=O)CCOCCOC(=O)c3ccc(-c4ccc(OCCCCCCCCCC)cc4)cc3)cc2)cc1. The minimum Gasteiger partial charge on any atom is -0.494 e. The third kappa shape index (κ3) is 25.8. The molecule has 0 amide bonds. The molecular formula is C54H76NO12S2-. The molecule has 13 nitrogen and oxygen atoms in total. The number of sulfonamides is 1. The molecule has 4 rings (SSSR count). The highest BCUT2D eigenvalue weighted by molar-refractivity contribution is 7.95. The Kier molecular flexibility index (Phi) is 29.4. The van der Waals surface area contributed by atoms with Gasteiger partial charge in [-0.05, 0) is 94.5 Å². The largest absolute Gasteiger partial charge is 0.494 e. The Morgan fingerprint density at radius 2 is 0.841 bits per heavy atom. The third-order valence-electron chi connectivity index (χ3n) is 11.1. The van der Waals surface area contributed by atoms with Crippen LogP contribution in [0.5, 0.6) is 17.2 Å². The van der Waals surface area contributed by atoms with Crippen molar-refractivity contribution in [3.63, 3.8) is 0 Å². The predicted molar refractivity (Wildman–Crippen MR) is 274 cm³/mol. The van der Waals surface area contributed by atoms with Crippen LogP contribution in [0.25, 0.3) is 22.3 Å². The summed E-state index contributed by atoms with van der Waals surface area (Å²) in [6.45, 7) is 5.99. The molecule has 0 spiro atoms. The van der Waals surface area contributed by atoms with Gasteiger partial charge in [0.25, 0.3) is 0 Å². The van der Waals surface area contributed by atoms with Gasteiger partial charge in [-0.3, -0.25) is 3.77 Å². The third-order valence-corrected chi connectivity index (χ3v) is 13.5. The van der Waals surface area contributed by atoms with Gasteiger partial charge in [-0.2, -0.15) is 0 Å². The van der Waals surface area contributed by atoms with Gasteiger partial charge >= 0.3 is 5.97 Å². The molecule has 4 aromatic rings. The van der Waals surface area contributed by atoms with Crippen molar-refractivity contribution in [3.05, 3.63) is 103 Å². The zero-order chi connectivity index (χ0) is 49.0. The number of hydrogen-bond acceptors (Lipinski definition) is 13. The summed E-state index contributed by atoms with van der Waals surface area (Å²) in [4.78, 5) is 12.5. The fraction of sp³-hybridized carbons (Fsp3) is 0.537. The Morgan fingerprint density at radius 3 is 1.33 bits per heavy atom. The first-order chi connectivity index (χ1) is 33.8. The van der Waals surface area contributed by atoms with E-state index < -0.39 is 32.6 Å². The molecule has 0 saturated heterocycles. The molecule has 0 unspecified atom stereocenters. The van der Waals surface area contributed by atoms with Gasteiger partial charge < -0.3 is 41.6 Å². The normalized spacial score (nSPS) is 12.0. The second-order valence-electron chi connectivity index (χ2n) is 16.7. The molecule has 0 radical (unpaired) electrons. The lowest BCUT2D eigenvalue weighted by Crippen LogP contribution is -2.15. The lowest BCUT2D eigenvalue weighted by atomic mass is 10.0. The Morgan fingerprint density at radius 1 is 0.449 bits per heavy atom. The monoisotopic (exact) mass is 994 g/mol. The fourth-order valence-electron chi connectivity index (χ4n) is 7.13. The standard InChI is InChI=1S/C54H76NO12S2/c1-3-5-7-9-11-13-15-17-35-63-51-29-23-47(24-30-51)46-19-21-50(22-20-46)54(56)65-41-39-61-43-44-69(58,59)55-68(57)67-42-40-60-37-38-62-45-66-53-33-27-49(28-34-53)48-25-31-52(32-26-48)64-36-18-16-14-12-10-8-6-4-2/h19-34H,3-18,35-45H2,1-2H3/q-1. The average Bonchev–Trinajstić information content (AvgIpc) is 3.36. The maximum Gasteiger partial charge on any atom is 0.338 e. The van der Waals surface area contributed by atoms with Crippen LogP contribution in [-0.4, -0.2) is 86.4 Å². The Bertz CT molecular complexity index is 2140. The van der Waals surface area contributed by atoms with Gasteiger partial charge in [-0.25, -0.2) is 13.2 Å². The second kappa shape index (κ2) is 35.6. The highest BCUT2D eigenvalue weighted by Crippen LogP contribution is 2.26. The fourth-order valence-corrected chi connectivity index (χ4v) is 8.88. The summed E-state index contributed by atoms with van der Waals surface area (Å²) < 4.78 is 83.7. The van der Waals surface area contributed by atoms with E-state index in [1.165, 1.54) is 89.9 Å². The van der Waals surface area contributed by atoms with E-state index in [2.05, 4.69) is 29.7 Å². The van der Waals surface area contributed by atoms with E-state index >= 15 is 0 Å². The molecule has 0 atom stereocenters. The van der Waals surface area contributed by atoms with E-state index in [1.807, 2.05) is 72.8 Å². The molecule has 0 aliphatic heterocycles. The first-order valence-electron chi connectivity index (χ1n) is 25.0. The van der Waals surface area contributed by atoms with Crippen LogP contribution in [0.3, 0.4) is 0 Å². The number of ether oxygens (including phenoxy) is 7. The number of unbranched alkanes of at least 4 members (excludes halogenated alkanes) is 14. The molecule has 0 aliphatic carbocycles. The van der Waals surface area contributed by atoms with Gasteiger partial charge in [0.2, 0.25) is 10.0 Å². The Balaban J connectivity index is 0.965. The van der Waals surface area contributed by atoms with Gasteiger partial charge in [-0.1, -0.05) is 152 Å². The highest BCUT2D eigenvalue weighted by atomic mass is 32.3. The molecule has 0 aromatic heterocycles. The van der Waals surface area contributed by atoms with E-state index in [1.54, 1.807) is 12.1 Å². The van der Waals surface area contributed by atoms with Crippen LogP contribution in [-0.2, 0) is 48.2 Å². The number of carbonyl (C=O) groups excluding carboxylic acids is 1. The van der Waals surface area contributed by atoms with Crippen LogP contribution in [0.2, 0.25) is 0 Å². The van der Waals surface area contributed by atoms with Crippen LogP contribution in [0.4, 0.5) is 0 Å². The molecule has 0 fully saturated rings. The average molecular weight is 995 g/mol. The summed E-state index contributed by atoms with van der Waals surface area (Å²) >= 11 is 0. The lowest BCUT2D eigenvalue weighted by molar-refractivity contribution is -0.0197. The van der Waals surface area contributed by atoms with Crippen LogP contribution < -0.4 is 14.2 Å². The van der Waals surface area contributed by atoms with Gasteiger partial charge in [0.1, 0.15) is 23.9 Å². The highest BCUT2D eigenvalue weighted by Gasteiger charge is 2.10. The van der Waals surface area contributed by atoms with Crippen molar-refractivity contribution in [2.45, 2.75) is 117 Å². The zero-order valence-electron chi connectivity index (χ0n) is 41.0. The van der Waals surface area contributed by atoms with Gasteiger partial charge in [0.15, 0.2) is 6.79 Å². The number of rotatable bonds is 40. The van der Waals surface area contributed by atoms with Crippen LogP contribution in [0.15, 0.2) is 101 Å². The zero-order valence-corrected chi connectivity index (χ0v) is 42.6. The van der Waals surface area contributed by atoms with E-state index in [0.717, 1.165) is 53.2 Å². The first-order valence-corrected chi connectivity index (χ1v) is 27.6. The smallest absolute Gasteiger partial charge is 0.338 e. The van der Waals surface area contributed by atoms with Crippen molar-refractivity contribution in [3.8, 4) is 39.5 Å². The lowest BCUT2D eigenvalue weighted by Gasteiger charge is -2.11. The maximum absolute atomic E-state index is 12.5. The maximum atomic E-state index is 12.5. The van der Waals surface area contributed by atoms with Crippen molar-refractivity contribution in [2.24, 2.45) is 3.77 Å². The summed E-state index contributed by atoms with van der Waals surface area (Å²) in [6.07, 6.45) is 20.3. The molecule has 0 saturated carbocycles. The van der Waals surface area contributed by atoms with Gasteiger partial charge in [0.05, 0.1) is 57.6 Å². The predicted octanol–water partition coefficient (Wildman–Crippen LogP) is 12.7. The molecule has 0 aliphatic rings. The molecule has 15 heteroatoms. The Hall–Kier alpha value is -4.51. The molecule has 0 N–H and O–H groups in total. The van der Waals surface area contributed by atoms with Gasteiger partial charge in [0, 0.05) is 6.61 Å². The molecule has 4 aromatic carbocycles. The molecule has 0 heterocycles. The summed E-state index contributed by atoms with van der Waals surface area (Å²) in [5, 5.41) is 0. The van der Waals surface area contributed by atoms with Crippen molar-refractivity contribution in [2.75, 3.05) is 72.0 Å². The van der Waals surface area contributed by atoms with Gasteiger partial charge in [-0.15, -0.1) is 0 Å². The van der Waals surface area contributed by atoms with E-state index in [9.17, 15) is 17.4 Å². The number of hydrogen-bond donors (Lipinski definition) is 0. The molecule has 382 valence electrons. The van der Waals surface area contributed by atoms with E-state index in [0.29, 0.717) is 17.9 Å². The summed E-state index contributed by atoms with van der Waals surface area (Å²) in [5.74, 6) is 1.34. The van der Waals surface area contributed by atoms with Crippen LogP contribution in [0, 0.1) is 0 Å². The molecule has 69 heavy (non-hydrogen) atoms. The van der Waals surface area contributed by atoms with Crippen molar-refractivity contribution in [1.29, 1.82) is 0 Å². The van der Waals surface area contributed by atoms with E-state index in [4.69, 9.17) is 37.3 Å². The van der Waals surface area contributed by atoms with Crippen molar-refractivity contribution < 1.29 is 54.8 Å².